The number of benzene rings is 2. The SMILES string of the molecule is CCNCc1cc(F)c(C2CC3C(CN2)NNC3NC(=O)c2ccc(N3CCN(C)CC3)cc2)c(C(F)(F)F)c1. The van der Waals surface area contributed by atoms with Gasteiger partial charge in [0.1, 0.15) is 5.82 Å². The Bertz CT molecular complexity index is 1180. The fourth-order valence-electron chi connectivity index (χ4n) is 5.88. The summed E-state index contributed by atoms with van der Waals surface area (Å²) in [4.78, 5) is 17.6. The molecule has 2 aromatic carbocycles. The van der Waals surface area contributed by atoms with E-state index in [1.165, 1.54) is 6.07 Å². The molecule has 5 N–H and O–H groups in total. The number of rotatable bonds is 7. The monoisotopic (exact) mass is 563 g/mol. The molecule has 0 saturated carbocycles. The van der Waals surface area contributed by atoms with Crippen LogP contribution in [0.5, 0.6) is 0 Å². The van der Waals surface area contributed by atoms with Crippen molar-refractivity contribution in [1.29, 1.82) is 0 Å². The minimum Gasteiger partial charge on any atom is -0.369 e. The van der Waals surface area contributed by atoms with E-state index in [4.69, 9.17) is 0 Å². The zero-order valence-electron chi connectivity index (χ0n) is 22.7. The number of nitrogens with zero attached hydrogens (tertiary/aromatic N) is 2. The quantitative estimate of drug-likeness (QED) is 0.332. The van der Waals surface area contributed by atoms with Gasteiger partial charge in [-0.25, -0.2) is 9.82 Å². The van der Waals surface area contributed by atoms with Crippen LogP contribution in [0, 0.1) is 11.7 Å². The number of fused-ring (bicyclic) bond motifs is 1. The molecule has 0 radical (unpaired) electrons. The molecule has 40 heavy (non-hydrogen) atoms. The Morgan fingerprint density at radius 1 is 1.07 bits per heavy atom. The average Bonchev–Trinajstić information content (AvgIpc) is 3.33. The molecule has 2 aromatic rings. The Hall–Kier alpha value is -2.77. The number of piperidine rings is 1. The molecule has 218 valence electrons. The van der Waals surface area contributed by atoms with Crippen LogP contribution in [0.1, 0.15) is 46.4 Å². The van der Waals surface area contributed by atoms with Gasteiger partial charge >= 0.3 is 6.18 Å². The molecule has 3 aliphatic heterocycles. The van der Waals surface area contributed by atoms with Gasteiger partial charge in [-0.05, 0) is 62.0 Å². The molecule has 0 bridgehead atoms. The maximum atomic E-state index is 15.2. The standard InChI is InChI=1S/C28H37F4N7O/c1-3-33-15-17-12-21(28(30,31)32)25(22(29)13-17)23-14-20-24(16-34-23)36-37-26(20)35-27(40)18-4-6-19(7-5-18)39-10-8-38(2)9-11-39/h4-7,12-13,20,23-24,26,33-34,36-37H,3,8-11,14-16H2,1-2H3,(H,35,40). The van der Waals surface area contributed by atoms with Crippen LogP contribution in [0.15, 0.2) is 36.4 Å². The van der Waals surface area contributed by atoms with Crippen LogP contribution in [0.3, 0.4) is 0 Å². The molecule has 3 saturated heterocycles. The number of likely N-dealkylation sites (N-methyl/N-ethyl adjacent to an activating group) is 1. The number of nitrogens with one attached hydrogen (secondary N) is 5. The average molecular weight is 564 g/mol. The highest BCUT2D eigenvalue weighted by Crippen LogP contribution is 2.41. The minimum atomic E-state index is -4.70. The van der Waals surface area contributed by atoms with E-state index in [0.717, 1.165) is 37.9 Å². The Balaban J connectivity index is 1.28. The van der Waals surface area contributed by atoms with E-state index in [0.29, 0.717) is 18.7 Å². The summed E-state index contributed by atoms with van der Waals surface area (Å²) in [6.07, 6.45) is -5.01. The fourth-order valence-corrected chi connectivity index (χ4v) is 5.88. The molecular formula is C28H37F4N7O. The topological polar surface area (TPSA) is 83.7 Å². The number of carbonyl (C=O) groups excluding carboxylic acids is 1. The van der Waals surface area contributed by atoms with Crippen molar-refractivity contribution in [3.05, 3.63) is 64.5 Å². The van der Waals surface area contributed by atoms with E-state index in [1.54, 1.807) is 12.1 Å². The smallest absolute Gasteiger partial charge is 0.369 e. The van der Waals surface area contributed by atoms with E-state index in [2.05, 4.69) is 43.6 Å². The van der Waals surface area contributed by atoms with Gasteiger partial charge in [0, 0.05) is 74.1 Å². The summed E-state index contributed by atoms with van der Waals surface area (Å²) in [5.74, 6) is -1.41. The lowest BCUT2D eigenvalue weighted by Crippen LogP contribution is -2.50. The molecule has 8 nitrogen and oxygen atoms in total. The number of carbonyl (C=O) groups is 1. The lowest BCUT2D eigenvalue weighted by atomic mass is 9.82. The number of hydrazine groups is 1. The first kappa shape index (κ1) is 28.7. The molecule has 3 heterocycles. The van der Waals surface area contributed by atoms with Crippen LogP contribution in [-0.2, 0) is 12.7 Å². The van der Waals surface area contributed by atoms with Gasteiger partial charge in [-0.3, -0.25) is 10.2 Å². The summed E-state index contributed by atoms with van der Waals surface area (Å²) in [6.45, 7) is 6.68. The van der Waals surface area contributed by atoms with Crippen LogP contribution >= 0.6 is 0 Å². The molecule has 0 aliphatic carbocycles. The van der Waals surface area contributed by atoms with Gasteiger partial charge < -0.3 is 25.8 Å². The Labute approximate surface area is 231 Å². The van der Waals surface area contributed by atoms with Crippen molar-refractivity contribution >= 4 is 11.6 Å². The lowest BCUT2D eigenvalue weighted by Gasteiger charge is -2.35. The number of hydrogen-bond donors (Lipinski definition) is 5. The van der Waals surface area contributed by atoms with Gasteiger partial charge in [0.15, 0.2) is 0 Å². The second kappa shape index (κ2) is 12.0. The highest BCUT2D eigenvalue weighted by atomic mass is 19.4. The zero-order chi connectivity index (χ0) is 28.4. The van der Waals surface area contributed by atoms with Crippen LogP contribution in [0.4, 0.5) is 23.2 Å². The molecular weight excluding hydrogens is 526 g/mol. The first-order valence-corrected chi connectivity index (χ1v) is 13.8. The maximum Gasteiger partial charge on any atom is 0.416 e. The second-order valence-electron chi connectivity index (χ2n) is 10.9. The molecule has 0 spiro atoms. The van der Waals surface area contributed by atoms with Crippen LogP contribution in [0.25, 0.3) is 0 Å². The van der Waals surface area contributed by atoms with Gasteiger partial charge in [-0.2, -0.15) is 13.2 Å². The van der Waals surface area contributed by atoms with Gasteiger partial charge in [-0.1, -0.05) is 6.92 Å². The van der Waals surface area contributed by atoms with Crippen molar-refractivity contribution in [2.75, 3.05) is 51.2 Å². The summed E-state index contributed by atoms with van der Waals surface area (Å²) in [7, 11) is 2.10. The number of halogens is 4. The number of alkyl halides is 3. The van der Waals surface area contributed by atoms with Crippen molar-refractivity contribution in [3.8, 4) is 0 Å². The molecule has 5 rings (SSSR count). The third-order valence-electron chi connectivity index (χ3n) is 8.17. The summed E-state index contributed by atoms with van der Waals surface area (Å²) in [6, 6.07) is 8.67. The van der Waals surface area contributed by atoms with E-state index in [-0.39, 0.29) is 42.0 Å². The van der Waals surface area contributed by atoms with Crippen molar-refractivity contribution in [1.82, 2.24) is 31.7 Å². The predicted molar refractivity (Wildman–Crippen MR) is 145 cm³/mol. The van der Waals surface area contributed by atoms with Gasteiger partial charge in [0.25, 0.3) is 5.91 Å². The number of hydrogen-bond acceptors (Lipinski definition) is 7. The fraction of sp³-hybridized carbons (Fsp3) is 0.536. The number of amides is 1. The molecule has 3 aliphatic rings. The third kappa shape index (κ3) is 6.26. The third-order valence-corrected chi connectivity index (χ3v) is 8.17. The highest BCUT2D eigenvalue weighted by Gasteiger charge is 2.45. The van der Waals surface area contributed by atoms with E-state index < -0.39 is 29.8 Å². The van der Waals surface area contributed by atoms with Gasteiger partial charge in [0.05, 0.1) is 11.7 Å². The number of anilines is 1. The molecule has 3 fully saturated rings. The van der Waals surface area contributed by atoms with Crippen molar-refractivity contribution < 1.29 is 22.4 Å². The number of piperazine rings is 1. The predicted octanol–water partition coefficient (Wildman–Crippen LogP) is 2.59. The molecule has 1 amide bonds. The summed E-state index contributed by atoms with van der Waals surface area (Å²) in [5, 5.41) is 9.02. The summed E-state index contributed by atoms with van der Waals surface area (Å²) in [5.41, 5.74) is 6.66. The highest BCUT2D eigenvalue weighted by molar-refractivity contribution is 5.94. The van der Waals surface area contributed by atoms with E-state index in [9.17, 15) is 18.0 Å². The largest absolute Gasteiger partial charge is 0.416 e. The van der Waals surface area contributed by atoms with Gasteiger partial charge in [-0.15, -0.1) is 0 Å². The first-order valence-electron chi connectivity index (χ1n) is 13.8. The van der Waals surface area contributed by atoms with E-state index >= 15 is 4.39 Å². The first-order chi connectivity index (χ1) is 19.1. The molecule has 12 heteroatoms. The Morgan fingerprint density at radius 2 is 1.80 bits per heavy atom. The zero-order valence-corrected chi connectivity index (χ0v) is 22.7. The van der Waals surface area contributed by atoms with E-state index in [1.807, 2.05) is 19.1 Å². The normalized spacial score (nSPS) is 25.6. The second-order valence-corrected chi connectivity index (χ2v) is 10.9. The van der Waals surface area contributed by atoms with Crippen molar-refractivity contribution in [3.63, 3.8) is 0 Å². The van der Waals surface area contributed by atoms with Crippen molar-refractivity contribution in [2.45, 2.75) is 44.3 Å². The Morgan fingerprint density at radius 3 is 2.48 bits per heavy atom. The van der Waals surface area contributed by atoms with Crippen molar-refractivity contribution in [2.24, 2.45) is 5.92 Å². The lowest BCUT2D eigenvalue weighted by molar-refractivity contribution is -0.138. The van der Waals surface area contributed by atoms with Crippen LogP contribution < -0.4 is 31.7 Å². The van der Waals surface area contributed by atoms with Crippen LogP contribution in [0.2, 0.25) is 0 Å². The van der Waals surface area contributed by atoms with Gasteiger partial charge in [0.2, 0.25) is 0 Å². The summed E-state index contributed by atoms with van der Waals surface area (Å²) < 4.78 is 57.4. The molecule has 4 atom stereocenters. The Kier molecular flexibility index (Phi) is 8.62. The molecule has 0 aromatic heterocycles. The maximum absolute atomic E-state index is 15.2. The minimum absolute atomic E-state index is 0.133. The molecule has 4 unspecified atom stereocenters. The van der Waals surface area contributed by atoms with Crippen LogP contribution in [-0.4, -0.2) is 69.3 Å². The summed E-state index contributed by atoms with van der Waals surface area (Å²) >= 11 is 0.